The number of amides is 1. The van der Waals surface area contributed by atoms with E-state index in [2.05, 4.69) is 25.9 Å². The molecule has 1 aliphatic rings. The van der Waals surface area contributed by atoms with Gasteiger partial charge in [0, 0.05) is 73.2 Å². The first-order valence-corrected chi connectivity index (χ1v) is 12.2. The van der Waals surface area contributed by atoms with Gasteiger partial charge in [-0.2, -0.15) is 5.26 Å². The molecule has 1 saturated heterocycles. The molecule has 0 bridgehead atoms. The van der Waals surface area contributed by atoms with Crippen LogP contribution in [-0.2, 0) is 11.3 Å². The largest absolute Gasteiger partial charge is 0.367 e. The molecule has 34 heavy (non-hydrogen) atoms. The Labute approximate surface area is 201 Å². The topological polar surface area (TPSA) is 90.9 Å². The first-order valence-electron chi connectivity index (χ1n) is 11.0. The molecule has 1 aliphatic heterocycles. The van der Waals surface area contributed by atoms with Gasteiger partial charge in [-0.15, -0.1) is 0 Å². The van der Waals surface area contributed by atoms with Crippen LogP contribution in [0.25, 0.3) is 22.2 Å². The lowest BCUT2D eigenvalue weighted by atomic mass is 10.0. The van der Waals surface area contributed by atoms with Crippen LogP contribution in [0.4, 0.5) is 5.69 Å². The van der Waals surface area contributed by atoms with Crippen molar-refractivity contribution < 1.29 is 4.79 Å². The number of thioether (sulfide) groups is 1. The monoisotopic (exact) mass is 469 g/mol. The van der Waals surface area contributed by atoms with Crippen LogP contribution in [0.3, 0.4) is 0 Å². The van der Waals surface area contributed by atoms with E-state index in [9.17, 15) is 10.1 Å². The van der Waals surface area contributed by atoms with Crippen molar-refractivity contribution in [3.05, 3.63) is 66.7 Å². The van der Waals surface area contributed by atoms with E-state index >= 15 is 0 Å². The number of nitrogens with zero attached hydrogens (tertiary/aromatic N) is 7. The summed E-state index contributed by atoms with van der Waals surface area (Å²) >= 11 is 1.49. The third-order valence-electron chi connectivity index (χ3n) is 6.05. The molecule has 0 spiro atoms. The average Bonchev–Trinajstić information content (AvgIpc) is 3.31. The minimum Gasteiger partial charge on any atom is -0.367 e. The highest BCUT2D eigenvalue weighted by Crippen LogP contribution is 2.32. The summed E-state index contributed by atoms with van der Waals surface area (Å²) in [7, 11) is 0. The van der Waals surface area contributed by atoms with Crippen molar-refractivity contribution in [2.75, 3.05) is 37.3 Å². The molecule has 1 aromatic carbocycles. The summed E-state index contributed by atoms with van der Waals surface area (Å²) in [6.45, 7) is 2.96. The van der Waals surface area contributed by atoms with Gasteiger partial charge < -0.3 is 14.4 Å². The van der Waals surface area contributed by atoms with Gasteiger partial charge in [-0.3, -0.25) is 4.79 Å². The summed E-state index contributed by atoms with van der Waals surface area (Å²) in [6.07, 6.45) is 9.20. The number of benzene rings is 1. The Morgan fingerprint density at radius 1 is 1.09 bits per heavy atom. The van der Waals surface area contributed by atoms with E-state index in [1.165, 1.54) is 11.8 Å². The number of aromatic nitrogens is 4. The number of rotatable bonds is 5. The van der Waals surface area contributed by atoms with E-state index in [0.717, 1.165) is 27.8 Å². The fourth-order valence-electron chi connectivity index (χ4n) is 4.26. The van der Waals surface area contributed by atoms with Gasteiger partial charge in [-0.25, -0.2) is 15.0 Å². The summed E-state index contributed by atoms with van der Waals surface area (Å²) in [5.41, 5.74) is 4.24. The van der Waals surface area contributed by atoms with Crippen LogP contribution in [0.1, 0.15) is 5.56 Å². The highest BCUT2D eigenvalue weighted by atomic mass is 32.2. The Morgan fingerprint density at radius 2 is 1.88 bits per heavy atom. The molecule has 5 rings (SSSR count). The molecule has 3 aromatic heterocycles. The molecular formula is C25H23N7OS. The van der Waals surface area contributed by atoms with E-state index in [-0.39, 0.29) is 12.5 Å². The first-order chi connectivity index (χ1) is 16.7. The lowest BCUT2D eigenvalue weighted by Gasteiger charge is -2.37. The standard InChI is InChI=1S/C25H23N7OS/c1-34-25-28-15-20(16-29-25)21-13-18(14-26)4-5-22(21)30-9-11-31(12-10-30)23(33)17-32-8-6-19-3-2-7-27-24(19)32/h2-8,13,15-16H,9-12,17H2,1H3. The lowest BCUT2D eigenvalue weighted by Crippen LogP contribution is -2.49. The minimum absolute atomic E-state index is 0.0870. The average molecular weight is 470 g/mol. The van der Waals surface area contributed by atoms with Gasteiger partial charge in [0.1, 0.15) is 12.2 Å². The number of pyridine rings is 1. The van der Waals surface area contributed by atoms with Gasteiger partial charge in [-0.05, 0) is 42.7 Å². The van der Waals surface area contributed by atoms with Gasteiger partial charge in [-0.1, -0.05) is 11.8 Å². The Hall–Kier alpha value is -3.90. The molecule has 0 aliphatic carbocycles. The van der Waals surface area contributed by atoms with Gasteiger partial charge >= 0.3 is 0 Å². The van der Waals surface area contributed by atoms with Crippen LogP contribution in [0, 0.1) is 11.3 Å². The lowest BCUT2D eigenvalue weighted by molar-refractivity contribution is -0.132. The van der Waals surface area contributed by atoms with Crippen molar-refractivity contribution in [1.82, 2.24) is 24.4 Å². The smallest absolute Gasteiger partial charge is 0.242 e. The molecule has 0 N–H and O–H groups in total. The third-order valence-corrected chi connectivity index (χ3v) is 6.62. The predicted octanol–water partition coefficient (Wildman–Crippen LogP) is 3.44. The molecule has 0 radical (unpaired) electrons. The predicted molar refractivity (Wildman–Crippen MR) is 132 cm³/mol. The second-order valence-corrected chi connectivity index (χ2v) is 8.80. The van der Waals surface area contributed by atoms with Crippen molar-refractivity contribution in [1.29, 1.82) is 5.26 Å². The van der Waals surface area contributed by atoms with Crippen molar-refractivity contribution in [3.8, 4) is 17.2 Å². The van der Waals surface area contributed by atoms with E-state index in [1.54, 1.807) is 18.6 Å². The van der Waals surface area contributed by atoms with Crippen molar-refractivity contribution >= 4 is 34.4 Å². The number of nitriles is 1. The summed E-state index contributed by atoms with van der Waals surface area (Å²) in [4.78, 5) is 30.4. The Balaban J connectivity index is 1.31. The number of anilines is 1. The second-order valence-electron chi connectivity index (χ2n) is 8.03. The molecule has 1 amide bonds. The van der Waals surface area contributed by atoms with Crippen LogP contribution in [0.2, 0.25) is 0 Å². The molecule has 0 saturated carbocycles. The second kappa shape index (κ2) is 9.53. The van der Waals surface area contributed by atoms with Gasteiger partial charge in [0.25, 0.3) is 0 Å². The molecule has 8 nitrogen and oxygen atoms in total. The Kier molecular flexibility index (Phi) is 6.14. The van der Waals surface area contributed by atoms with E-state index in [0.29, 0.717) is 36.9 Å². The Morgan fingerprint density at radius 3 is 2.62 bits per heavy atom. The Bertz CT molecular complexity index is 1370. The van der Waals surface area contributed by atoms with Crippen molar-refractivity contribution in [2.24, 2.45) is 0 Å². The maximum Gasteiger partial charge on any atom is 0.242 e. The summed E-state index contributed by atoms with van der Waals surface area (Å²) in [5, 5.41) is 11.1. The number of hydrogen-bond acceptors (Lipinski definition) is 7. The van der Waals surface area contributed by atoms with E-state index in [1.807, 2.05) is 58.3 Å². The number of fused-ring (bicyclic) bond motifs is 1. The fourth-order valence-corrected chi connectivity index (χ4v) is 4.58. The third kappa shape index (κ3) is 4.32. The van der Waals surface area contributed by atoms with E-state index in [4.69, 9.17) is 0 Å². The van der Waals surface area contributed by atoms with Crippen molar-refractivity contribution in [2.45, 2.75) is 11.7 Å². The highest BCUT2D eigenvalue weighted by Gasteiger charge is 2.24. The molecule has 0 unspecified atom stereocenters. The van der Waals surface area contributed by atoms with Gasteiger partial charge in [0.15, 0.2) is 5.16 Å². The van der Waals surface area contributed by atoms with Crippen LogP contribution in [0.5, 0.6) is 0 Å². The molecule has 0 atom stereocenters. The van der Waals surface area contributed by atoms with Crippen molar-refractivity contribution in [3.63, 3.8) is 0 Å². The minimum atomic E-state index is 0.0870. The maximum absolute atomic E-state index is 13.0. The molecule has 4 aromatic rings. The van der Waals surface area contributed by atoms with Gasteiger partial charge in [0.2, 0.25) is 5.91 Å². The van der Waals surface area contributed by atoms with E-state index < -0.39 is 0 Å². The fraction of sp³-hybridized carbons (Fsp3) is 0.240. The number of carbonyl (C=O) groups excluding carboxylic acids is 1. The zero-order chi connectivity index (χ0) is 23.5. The normalized spacial score (nSPS) is 13.8. The quantitative estimate of drug-likeness (QED) is 0.327. The molecular weight excluding hydrogens is 446 g/mol. The number of carbonyl (C=O) groups is 1. The first kappa shape index (κ1) is 21.9. The van der Waals surface area contributed by atoms with Gasteiger partial charge in [0.05, 0.1) is 11.6 Å². The SMILES string of the molecule is CSc1ncc(-c2cc(C#N)ccc2N2CCN(C(=O)Cn3ccc4cccnc43)CC2)cn1. The maximum atomic E-state index is 13.0. The summed E-state index contributed by atoms with van der Waals surface area (Å²) in [6, 6.07) is 13.8. The van der Waals surface area contributed by atoms with Crippen LogP contribution in [-0.4, -0.2) is 62.8 Å². The summed E-state index contributed by atoms with van der Waals surface area (Å²) in [5.74, 6) is 0.0870. The highest BCUT2D eigenvalue weighted by molar-refractivity contribution is 7.98. The van der Waals surface area contributed by atoms with Crippen LogP contribution in [0.15, 0.2) is 66.3 Å². The molecule has 9 heteroatoms. The number of piperazine rings is 1. The number of hydrogen-bond donors (Lipinski definition) is 0. The molecule has 1 fully saturated rings. The zero-order valence-electron chi connectivity index (χ0n) is 18.8. The van der Waals surface area contributed by atoms with Crippen LogP contribution >= 0.6 is 11.8 Å². The summed E-state index contributed by atoms with van der Waals surface area (Å²) < 4.78 is 1.90. The zero-order valence-corrected chi connectivity index (χ0v) is 19.6. The van der Waals surface area contributed by atoms with Crippen LogP contribution < -0.4 is 4.90 Å². The molecule has 170 valence electrons. The molecule has 4 heterocycles.